The van der Waals surface area contributed by atoms with E-state index in [9.17, 15) is 0 Å². The van der Waals surface area contributed by atoms with E-state index in [4.69, 9.17) is 24.6 Å². The van der Waals surface area contributed by atoms with Crippen molar-refractivity contribution in [1.29, 1.82) is 0 Å². The van der Waals surface area contributed by atoms with Gasteiger partial charge in [0, 0.05) is 12.7 Å². The van der Waals surface area contributed by atoms with Crippen LogP contribution in [0.4, 0.5) is 0 Å². The molecule has 0 bridgehead atoms. The minimum Gasteiger partial charge on any atom is -0.497 e. The van der Waals surface area contributed by atoms with Crippen LogP contribution < -0.4 is 9.47 Å². The summed E-state index contributed by atoms with van der Waals surface area (Å²) in [6, 6.07) is 5.58. The van der Waals surface area contributed by atoms with E-state index in [0.717, 1.165) is 17.1 Å². The molecule has 0 radical (unpaired) electrons. The first kappa shape index (κ1) is 14.8. The molecule has 5 nitrogen and oxygen atoms in total. The number of benzene rings is 1. The number of aliphatic hydroxyl groups is 1. The van der Waals surface area contributed by atoms with Crippen LogP contribution in [0.5, 0.6) is 11.5 Å². The van der Waals surface area contributed by atoms with Crippen LogP contribution in [-0.4, -0.2) is 43.7 Å². The number of rotatable bonds is 4. The van der Waals surface area contributed by atoms with E-state index in [-0.39, 0.29) is 6.61 Å². The van der Waals surface area contributed by atoms with Crippen molar-refractivity contribution in [1.82, 2.24) is 0 Å². The third-order valence-corrected chi connectivity index (χ3v) is 1.81. The van der Waals surface area contributed by atoms with Gasteiger partial charge in [0.2, 0.25) is 0 Å². The zero-order valence-electron chi connectivity index (χ0n) is 9.51. The van der Waals surface area contributed by atoms with Gasteiger partial charge in [-0.2, -0.15) is 0 Å². The van der Waals surface area contributed by atoms with Gasteiger partial charge in [0.15, 0.2) is 0 Å². The van der Waals surface area contributed by atoms with Gasteiger partial charge in [-0.15, -0.1) is 0 Å². The van der Waals surface area contributed by atoms with E-state index in [1.54, 1.807) is 20.3 Å². The molecule has 0 saturated carbocycles. The zero-order chi connectivity index (χ0) is 12.4. The van der Waals surface area contributed by atoms with Crippen LogP contribution in [0.1, 0.15) is 5.56 Å². The lowest BCUT2D eigenvalue weighted by Gasteiger charge is -2.06. The molecule has 0 atom stereocenters. The molecule has 16 heavy (non-hydrogen) atoms. The molecular formula is C10H17BO5. The second-order valence-corrected chi connectivity index (χ2v) is 2.84. The van der Waals surface area contributed by atoms with Crippen molar-refractivity contribution in [2.24, 2.45) is 0 Å². The van der Waals surface area contributed by atoms with Gasteiger partial charge in [-0.05, 0) is 24.1 Å². The summed E-state index contributed by atoms with van der Waals surface area (Å²) in [6.07, 6.45) is 0.619. The van der Waals surface area contributed by atoms with Crippen LogP contribution in [0.2, 0.25) is 0 Å². The van der Waals surface area contributed by atoms with E-state index < -0.39 is 7.69 Å². The molecular weight excluding hydrogens is 211 g/mol. The minimum absolute atomic E-state index is 0.135. The quantitative estimate of drug-likeness (QED) is 0.604. The molecule has 0 spiro atoms. The lowest BCUT2D eigenvalue weighted by molar-refractivity contribution is 0.299. The summed E-state index contributed by atoms with van der Waals surface area (Å²) in [6.45, 7) is 0.135. The fourth-order valence-electron chi connectivity index (χ4n) is 1.14. The third-order valence-electron chi connectivity index (χ3n) is 1.81. The normalized spacial score (nSPS) is 8.81. The average Bonchev–Trinajstić information content (AvgIpc) is 2.30. The zero-order valence-corrected chi connectivity index (χ0v) is 9.51. The second-order valence-electron chi connectivity index (χ2n) is 2.84. The van der Waals surface area contributed by atoms with Crippen molar-refractivity contribution in [3.05, 3.63) is 23.8 Å². The fourth-order valence-corrected chi connectivity index (χ4v) is 1.14. The van der Waals surface area contributed by atoms with Gasteiger partial charge in [-0.1, -0.05) is 0 Å². The number of aliphatic hydroxyl groups excluding tert-OH is 1. The maximum absolute atomic E-state index is 8.77. The van der Waals surface area contributed by atoms with E-state index in [1.165, 1.54) is 0 Å². The maximum Gasteiger partial charge on any atom is 0.432 e. The van der Waals surface area contributed by atoms with Gasteiger partial charge in [-0.3, -0.25) is 0 Å². The molecule has 0 unspecified atom stereocenters. The summed E-state index contributed by atoms with van der Waals surface area (Å²) < 4.78 is 10.2. The first-order valence-corrected chi connectivity index (χ1v) is 4.76. The first-order valence-electron chi connectivity index (χ1n) is 4.76. The number of ether oxygens (including phenoxy) is 2. The van der Waals surface area contributed by atoms with Crippen LogP contribution in [0.25, 0.3) is 0 Å². The Morgan fingerprint density at radius 3 is 1.81 bits per heavy atom. The SMILES string of the molecule is COc1cc(CCO)cc(OC)c1.OBO. The molecule has 90 valence electrons. The van der Waals surface area contributed by atoms with Crippen LogP contribution in [0, 0.1) is 0 Å². The Kier molecular flexibility index (Phi) is 8.33. The van der Waals surface area contributed by atoms with Gasteiger partial charge in [0.25, 0.3) is 0 Å². The van der Waals surface area contributed by atoms with E-state index in [2.05, 4.69) is 0 Å². The van der Waals surface area contributed by atoms with Gasteiger partial charge >= 0.3 is 7.69 Å². The molecule has 0 aromatic heterocycles. The molecule has 0 aliphatic carbocycles. The molecule has 3 N–H and O–H groups in total. The van der Waals surface area contributed by atoms with Crippen molar-refractivity contribution in [2.75, 3.05) is 20.8 Å². The van der Waals surface area contributed by atoms with Crippen LogP contribution in [0.3, 0.4) is 0 Å². The Hall–Kier alpha value is -1.24. The predicted octanol–water partition coefficient (Wildman–Crippen LogP) is -0.524. The molecule has 0 fully saturated rings. The highest BCUT2D eigenvalue weighted by molar-refractivity contribution is 6.13. The summed E-state index contributed by atoms with van der Waals surface area (Å²) in [4.78, 5) is 0. The average molecular weight is 228 g/mol. The molecule has 1 aromatic rings. The Labute approximate surface area is 95.6 Å². The third kappa shape index (κ3) is 5.60. The number of hydrogen-bond acceptors (Lipinski definition) is 5. The second kappa shape index (κ2) is 9.02. The number of hydrogen-bond donors (Lipinski definition) is 3. The van der Waals surface area contributed by atoms with Gasteiger partial charge in [-0.25, -0.2) is 0 Å². The summed E-state index contributed by atoms with van der Waals surface area (Å²) in [5.41, 5.74) is 1.01. The molecule has 0 aliphatic rings. The molecule has 0 heterocycles. The van der Waals surface area contributed by atoms with Crippen molar-refractivity contribution in [3.63, 3.8) is 0 Å². The predicted molar refractivity (Wildman–Crippen MR) is 61.9 cm³/mol. The van der Waals surface area contributed by atoms with Gasteiger partial charge in [0.1, 0.15) is 11.5 Å². The molecule has 1 rings (SSSR count). The smallest absolute Gasteiger partial charge is 0.432 e. The standard InChI is InChI=1S/C10H14O3.BH3O2/c1-12-9-5-8(3-4-11)6-10(7-9)13-2;2-1-3/h5-7,11H,3-4H2,1-2H3;1-3H. The Morgan fingerprint density at radius 2 is 1.50 bits per heavy atom. The maximum atomic E-state index is 8.77. The summed E-state index contributed by atoms with van der Waals surface area (Å²) >= 11 is 0. The summed E-state index contributed by atoms with van der Waals surface area (Å²) in [7, 11) is 2.47. The number of methoxy groups -OCH3 is 2. The Balaban J connectivity index is 0.000000673. The highest BCUT2D eigenvalue weighted by Crippen LogP contribution is 2.22. The lowest BCUT2D eigenvalue weighted by Crippen LogP contribution is -1.94. The monoisotopic (exact) mass is 228 g/mol. The molecule has 1 aromatic carbocycles. The van der Waals surface area contributed by atoms with Crippen LogP contribution in [0.15, 0.2) is 18.2 Å². The van der Waals surface area contributed by atoms with Gasteiger partial charge in [0.05, 0.1) is 14.2 Å². The highest BCUT2D eigenvalue weighted by Gasteiger charge is 2.00. The summed E-state index contributed by atoms with van der Waals surface area (Å²) in [5, 5.41) is 23.0. The lowest BCUT2D eigenvalue weighted by atomic mass is 10.1. The Morgan fingerprint density at radius 1 is 1.06 bits per heavy atom. The minimum atomic E-state index is -0.750. The topological polar surface area (TPSA) is 79.2 Å². The molecule has 0 aliphatic heterocycles. The highest BCUT2D eigenvalue weighted by atomic mass is 16.5. The van der Waals surface area contributed by atoms with Crippen LogP contribution in [-0.2, 0) is 6.42 Å². The van der Waals surface area contributed by atoms with E-state index in [0.29, 0.717) is 6.42 Å². The first-order chi connectivity index (χ1) is 7.71. The molecule has 6 heteroatoms. The van der Waals surface area contributed by atoms with Gasteiger partial charge < -0.3 is 24.6 Å². The largest absolute Gasteiger partial charge is 0.497 e. The van der Waals surface area contributed by atoms with E-state index in [1.807, 2.05) is 12.1 Å². The fraction of sp³-hybridized carbons (Fsp3) is 0.400. The Bertz CT molecular complexity index is 270. The van der Waals surface area contributed by atoms with E-state index >= 15 is 0 Å². The van der Waals surface area contributed by atoms with Crippen LogP contribution >= 0.6 is 0 Å². The van der Waals surface area contributed by atoms with Crippen molar-refractivity contribution in [2.45, 2.75) is 6.42 Å². The van der Waals surface area contributed by atoms with Crippen molar-refractivity contribution in [3.8, 4) is 11.5 Å². The van der Waals surface area contributed by atoms with Crippen molar-refractivity contribution < 1.29 is 24.6 Å². The molecule has 0 saturated heterocycles. The summed E-state index contributed by atoms with van der Waals surface area (Å²) in [5.74, 6) is 1.51. The van der Waals surface area contributed by atoms with Crippen molar-refractivity contribution >= 4 is 7.69 Å². The molecule has 0 amide bonds.